The molecule has 0 radical (unpaired) electrons. The highest BCUT2D eigenvalue weighted by atomic mass is 32.2. The van der Waals surface area contributed by atoms with Crippen molar-refractivity contribution in [3.8, 4) is 5.75 Å². The van der Waals surface area contributed by atoms with Gasteiger partial charge in [0.2, 0.25) is 0 Å². The van der Waals surface area contributed by atoms with Crippen molar-refractivity contribution in [2.75, 3.05) is 25.2 Å². The Morgan fingerprint density at radius 1 is 1.14 bits per heavy atom. The van der Waals surface area contributed by atoms with Crippen LogP contribution in [0.25, 0.3) is 0 Å². The Kier molecular flexibility index (Phi) is 7.96. The van der Waals surface area contributed by atoms with Gasteiger partial charge < -0.3 is 14.8 Å². The maximum atomic E-state index is 13.7. The van der Waals surface area contributed by atoms with Gasteiger partial charge in [0.1, 0.15) is 18.2 Å². The molecule has 0 aromatic heterocycles. The Morgan fingerprint density at radius 3 is 2.60 bits per heavy atom. The number of ketones is 1. The molecule has 35 heavy (non-hydrogen) atoms. The topological polar surface area (TPSA) is 64.6 Å². The van der Waals surface area contributed by atoms with Gasteiger partial charge in [-0.2, -0.15) is 11.8 Å². The van der Waals surface area contributed by atoms with Gasteiger partial charge in [-0.05, 0) is 48.4 Å². The fourth-order valence-corrected chi connectivity index (χ4v) is 5.43. The van der Waals surface area contributed by atoms with Crippen molar-refractivity contribution >= 4 is 23.5 Å². The van der Waals surface area contributed by atoms with Crippen LogP contribution in [0.2, 0.25) is 0 Å². The van der Waals surface area contributed by atoms with E-state index in [2.05, 4.69) is 12.2 Å². The number of para-hydroxylation sites is 1. The maximum Gasteiger partial charge on any atom is 0.336 e. The molecule has 0 unspecified atom stereocenters. The van der Waals surface area contributed by atoms with Gasteiger partial charge in [-0.25, -0.2) is 9.18 Å². The third-order valence-corrected chi connectivity index (χ3v) is 7.36. The number of nitrogens with one attached hydrogen (secondary N) is 1. The molecular weight excluding hydrogens is 465 g/mol. The van der Waals surface area contributed by atoms with Gasteiger partial charge >= 0.3 is 5.97 Å². The van der Waals surface area contributed by atoms with E-state index in [-0.39, 0.29) is 17.5 Å². The Labute approximate surface area is 209 Å². The van der Waals surface area contributed by atoms with Crippen molar-refractivity contribution in [1.29, 1.82) is 0 Å². The number of methoxy groups -OCH3 is 1. The van der Waals surface area contributed by atoms with Gasteiger partial charge in [0.25, 0.3) is 0 Å². The molecule has 184 valence electrons. The predicted octanol–water partition coefficient (Wildman–Crippen LogP) is 5.49. The van der Waals surface area contributed by atoms with Gasteiger partial charge in [0.15, 0.2) is 5.78 Å². The number of carbonyl (C=O) groups is 2. The Bertz CT molecular complexity index is 1170. The van der Waals surface area contributed by atoms with Crippen LogP contribution >= 0.6 is 11.8 Å². The Balaban J connectivity index is 1.72. The molecule has 1 heterocycles. The van der Waals surface area contributed by atoms with E-state index in [1.807, 2.05) is 31.2 Å². The number of thioether (sulfide) groups is 1. The van der Waals surface area contributed by atoms with Crippen molar-refractivity contribution in [3.63, 3.8) is 0 Å². The third-order valence-electron chi connectivity index (χ3n) is 6.49. The summed E-state index contributed by atoms with van der Waals surface area (Å²) in [5.74, 6) is 0.880. The number of benzene rings is 2. The fourth-order valence-electron chi connectivity index (χ4n) is 4.94. The lowest BCUT2D eigenvalue weighted by Crippen LogP contribution is -2.36. The second-order valence-electron chi connectivity index (χ2n) is 8.64. The van der Waals surface area contributed by atoms with E-state index < -0.39 is 11.9 Å². The monoisotopic (exact) mass is 495 g/mol. The molecule has 2 aromatic carbocycles. The molecule has 2 aromatic rings. The van der Waals surface area contributed by atoms with E-state index >= 15 is 0 Å². The zero-order chi connectivity index (χ0) is 24.9. The molecule has 1 aliphatic heterocycles. The quantitative estimate of drug-likeness (QED) is 0.386. The number of hydrogen-bond acceptors (Lipinski definition) is 6. The van der Waals surface area contributed by atoms with Crippen LogP contribution in [0.3, 0.4) is 0 Å². The summed E-state index contributed by atoms with van der Waals surface area (Å²) in [6.07, 6.45) is 0.902. The number of dihydropyridines is 1. The highest BCUT2D eigenvalue weighted by Gasteiger charge is 2.41. The van der Waals surface area contributed by atoms with Crippen LogP contribution in [-0.4, -0.2) is 37.0 Å². The summed E-state index contributed by atoms with van der Waals surface area (Å²) in [5.41, 5.74) is 4.08. The van der Waals surface area contributed by atoms with Crippen LogP contribution in [0.5, 0.6) is 5.75 Å². The predicted molar refractivity (Wildman–Crippen MR) is 136 cm³/mol. The number of esters is 1. The van der Waals surface area contributed by atoms with E-state index in [0.29, 0.717) is 47.6 Å². The molecule has 2 atom stereocenters. The lowest BCUT2D eigenvalue weighted by Gasteiger charge is -2.37. The van der Waals surface area contributed by atoms with Crippen molar-refractivity contribution in [1.82, 2.24) is 5.32 Å². The SMILES string of the molecule is CCSCCOC(=O)C1=C(C)NC2=C(C(=O)C[C@H](c3ccccc3OC)C2)[C@H]1c1ccc(F)cc1. The van der Waals surface area contributed by atoms with Crippen LogP contribution in [0.15, 0.2) is 71.1 Å². The van der Waals surface area contributed by atoms with E-state index in [4.69, 9.17) is 9.47 Å². The molecule has 0 amide bonds. The molecule has 0 saturated carbocycles. The van der Waals surface area contributed by atoms with Crippen molar-refractivity contribution < 1.29 is 23.5 Å². The molecule has 0 saturated heterocycles. The summed E-state index contributed by atoms with van der Waals surface area (Å²) in [6, 6.07) is 13.7. The molecule has 0 fully saturated rings. The zero-order valence-corrected chi connectivity index (χ0v) is 21.0. The smallest absolute Gasteiger partial charge is 0.336 e. The molecule has 1 N–H and O–H groups in total. The summed E-state index contributed by atoms with van der Waals surface area (Å²) in [4.78, 5) is 26.9. The number of ether oxygens (including phenoxy) is 2. The second kappa shape index (κ2) is 11.1. The van der Waals surface area contributed by atoms with Crippen LogP contribution < -0.4 is 10.1 Å². The van der Waals surface area contributed by atoms with Crippen molar-refractivity contribution in [2.45, 2.75) is 38.5 Å². The Morgan fingerprint density at radius 2 is 1.89 bits per heavy atom. The number of carbonyl (C=O) groups excluding carboxylic acids is 2. The number of Topliss-reactive ketones (excluding diaryl/α,β-unsaturated/α-hetero) is 1. The lowest BCUT2D eigenvalue weighted by atomic mass is 9.71. The van der Waals surface area contributed by atoms with Gasteiger partial charge in [-0.15, -0.1) is 0 Å². The van der Waals surface area contributed by atoms with E-state index in [0.717, 1.165) is 22.8 Å². The highest BCUT2D eigenvalue weighted by Crippen LogP contribution is 2.46. The third kappa shape index (κ3) is 5.30. The normalized spacial score (nSPS) is 19.8. The lowest BCUT2D eigenvalue weighted by molar-refractivity contribution is -0.138. The molecule has 0 bridgehead atoms. The molecule has 4 rings (SSSR count). The number of rotatable bonds is 8. The first-order valence-electron chi connectivity index (χ1n) is 11.8. The largest absolute Gasteiger partial charge is 0.496 e. The summed E-state index contributed by atoms with van der Waals surface area (Å²) < 4.78 is 24.9. The average Bonchev–Trinajstić information content (AvgIpc) is 2.86. The number of allylic oxidation sites excluding steroid dienone is 3. The van der Waals surface area contributed by atoms with E-state index in [1.54, 1.807) is 31.0 Å². The van der Waals surface area contributed by atoms with E-state index in [9.17, 15) is 14.0 Å². The molecule has 7 heteroatoms. The van der Waals surface area contributed by atoms with Crippen LogP contribution in [0.4, 0.5) is 4.39 Å². The zero-order valence-electron chi connectivity index (χ0n) is 20.2. The van der Waals surface area contributed by atoms with Crippen molar-refractivity contribution in [3.05, 3.63) is 88.0 Å². The first-order valence-corrected chi connectivity index (χ1v) is 13.0. The fraction of sp³-hybridized carbons (Fsp3) is 0.357. The second-order valence-corrected chi connectivity index (χ2v) is 10.0. The molecule has 2 aliphatic rings. The van der Waals surface area contributed by atoms with Gasteiger partial charge in [-0.3, -0.25) is 4.79 Å². The Hall–Kier alpha value is -3.06. The average molecular weight is 496 g/mol. The minimum Gasteiger partial charge on any atom is -0.496 e. The molecule has 0 spiro atoms. The highest BCUT2D eigenvalue weighted by molar-refractivity contribution is 7.99. The van der Waals surface area contributed by atoms with Crippen LogP contribution in [0.1, 0.15) is 49.7 Å². The molecule has 1 aliphatic carbocycles. The minimum atomic E-state index is -0.607. The molecular formula is C28H30FNO4S. The molecule has 5 nitrogen and oxygen atoms in total. The van der Waals surface area contributed by atoms with E-state index in [1.165, 1.54) is 12.1 Å². The number of hydrogen-bond donors (Lipinski definition) is 1. The van der Waals surface area contributed by atoms with Crippen LogP contribution in [-0.2, 0) is 14.3 Å². The summed E-state index contributed by atoms with van der Waals surface area (Å²) in [7, 11) is 1.63. The first-order chi connectivity index (χ1) is 16.9. The number of halogens is 1. The van der Waals surface area contributed by atoms with Gasteiger partial charge in [0, 0.05) is 41.0 Å². The summed E-state index contributed by atoms with van der Waals surface area (Å²) in [6.45, 7) is 4.17. The maximum absolute atomic E-state index is 13.7. The first kappa shape index (κ1) is 25.0. The van der Waals surface area contributed by atoms with Crippen LogP contribution in [0, 0.1) is 5.82 Å². The summed E-state index contributed by atoms with van der Waals surface area (Å²) >= 11 is 1.69. The minimum absolute atomic E-state index is 0.0386. The van der Waals surface area contributed by atoms with Crippen molar-refractivity contribution in [2.24, 2.45) is 0 Å². The van der Waals surface area contributed by atoms with Gasteiger partial charge in [0.05, 0.1) is 12.7 Å². The summed E-state index contributed by atoms with van der Waals surface area (Å²) in [5, 5.41) is 3.35. The standard InChI is InChI=1S/C28H30FNO4S/c1-4-35-14-13-34-28(32)25-17(2)30-22-15-19(21-7-5-6-8-24(21)33-3)16-23(31)27(22)26(25)18-9-11-20(29)12-10-18/h5-12,19,26,30H,4,13-16H2,1-3H3/t19-,26+/m1/s1. The van der Waals surface area contributed by atoms with Gasteiger partial charge in [-0.1, -0.05) is 37.3 Å².